The number of halogens is 1. The van der Waals surface area contributed by atoms with Crippen molar-refractivity contribution < 1.29 is 14.3 Å². The summed E-state index contributed by atoms with van der Waals surface area (Å²) in [6, 6.07) is 0. The van der Waals surface area contributed by atoms with Gasteiger partial charge in [-0.1, -0.05) is 6.58 Å². The van der Waals surface area contributed by atoms with Gasteiger partial charge in [-0.3, -0.25) is 0 Å². The Kier molecular flexibility index (Phi) is 4.07. The molecule has 0 saturated carbocycles. The fourth-order valence-electron chi connectivity index (χ4n) is 0.398. The van der Waals surface area contributed by atoms with Gasteiger partial charge >= 0.3 is 5.97 Å². The lowest BCUT2D eigenvalue weighted by Crippen LogP contribution is -2.06. The van der Waals surface area contributed by atoms with E-state index in [9.17, 15) is 4.79 Å². The van der Waals surface area contributed by atoms with Gasteiger partial charge in [-0.15, -0.1) is 12.4 Å². The molecule has 0 amide bonds. The number of hydrogen-bond acceptors (Lipinski definition) is 3. The molecule has 58 valence electrons. The Morgan fingerprint density at radius 2 is 2.50 bits per heavy atom. The van der Waals surface area contributed by atoms with E-state index in [1.54, 1.807) is 0 Å². The molecular formula is C6H9ClO3. The maximum atomic E-state index is 10.3. The van der Waals surface area contributed by atoms with Gasteiger partial charge in [0.25, 0.3) is 0 Å². The Labute approximate surface area is 65.4 Å². The smallest absolute Gasteiger partial charge is 0.330 e. The second-order valence-corrected chi connectivity index (χ2v) is 1.79. The largest absolute Gasteiger partial charge is 0.460 e. The van der Waals surface area contributed by atoms with Crippen molar-refractivity contribution in [3.8, 4) is 0 Å². The molecule has 10 heavy (non-hydrogen) atoms. The van der Waals surface area contributed by atoms with Crippen LogP contribution in [0.3, 0.4) is 0 Å². The van der Waals surface area contributed by atoms with Crippen LogP contribution >= 0.6 is 12.4 Å². The van der Waals surface area contributed by atoms with Gasteiger partial charge in [-0.2, -0.15) is 0 Å². The molecule has 1 fully saturated rings. The lowest BCUT2D eigenvalue weighted by molar-refractivity contribution is -0.138. The highest BCUT2D eigenvalue weighted by atomic mass is 35.5. The van der Waals surface area contributed by atoms with Crippen LogP contribution in [0.15, 0.2) is 12.7 Å². The van der Waals surface area contributed by atoms with Crippen molar-refractivity contribution in [1.29, 1.82) is 0 Å². The monoisotopic (exact) mass is 164 g/mol. The van der Waals surface area contributed by atoms with Crippen LogP contribution in [0, 0.1) is 0 Å². The molecule has 0 radical (unpaired) electrons. The van der Waals surface area contributed by atoms with Crippen molar-refractivity contribution in [1.82, 2.24) is 0 Å². The Morgan fingerprint density at radius 1 is 1.90 bits per heavy atom. The van der Waals surface area contributed by atoms with E-state index in [1.165, 1.54) is 0 Å². The van der Waals surface area contributed by atoms with E-state index in [1.807, 2.05) is 0 Å². The average molecular weight is 165 g/mol. The Balaban J connectivity index is 0.000000810. The fraction of sp³-hybridized carbons (Fsp3) is 0.500. The molecule has 4 heteroatoms. The average Bonchev–Trinajstić information content (AvgIpc) is 2.65. The third-order valence-corrected chi connectivity index (χ3v) is 0.981. The fourth-order valence-corrected chi connectivity index (χ4v) is 0.398. The van der Waals surface area contributed by atoms with Gasteiger partial charge in [-0.05, 0) is 0 Å². The molecule has 1 saturated heterocycles. The van der Waals surface area contributed by atoms with Gasteiger partial charge in [-0.25, -0.2) is 4.79 Å². The molecular weight excluding hydrogens is 156 g/mol. The zero-order chi connectivity index (χ0) is 6.69. The van der Waals surface area contributed by atoms with Gasteiger partial charge in [0.05, 0.1) is 6.61 Å². The van der Waals surface area contributed by atoms with Gasteiger partial charge in [0.2, 0.25) is 0 Å². The number of rotatable bonds is 3. The molecule has 1 rings (SSSR count). The summed E-state index contributed by atoms with van der Waals surface area (Å²) in [6.45, 7) is 4.32. The van der Waals surface area contributed by atoms with Crippen LogP contribution in [-0.4, -0.2) is 25.3 Å². The van der Waals surface area contributed by atoms with E-state index < -0.39 is 0 Å². The molecule has 1 aliphatic rings. The van der Waals surface area contributed by atoms with Crippen LogP contribution in [-0.2, 0) is 14.3 Å². The summed E-state index contributed by atoms with van der Waals surface area (Å²) in [4.78, 5) is 10.3. The normalized spacial score (nSPS) is 20.6. The summed E-state index contributed by atoms with van der Waals surface area (Å²) in [5, 5.41) is 0. The second-order valence-electron chi connectivity index (χ2n) is 1.79. The second kappa shape index (κ2) is 4.30. The van der Waals surface area contributed by atoms with Crippen molar-refractivity contribution in [3.05, 3.63) is 12.7 Å². The maximum Gasteiger partial charge on any atom is 0.330 e. The van der Waals surface area contributed by atoms with E-state index >= 15 is 0 Å². The molecule has 0 aromatic carbocycles. The van der Waals surface area contributed by atoms with Crippen molar-refractivity contribution in [2.45, 2.75) is 6.10 Å². The van der Waals surface area contributed by atoms with Crippen LogP contribution < -0.4 is 0 Å². The van der Waals surface area contributed by atoms with Crippen LogP contribution in [0.25, 0.3) is 0 Å². The van der Waals surface area contributed by atoms with Crippen LogP contribution in [0.4, 0.5) is 0 Å². The topological polar surface area (TPSA) is 38.8 Å². The first-order valence-electron chi connectivity index (χ1n) is 2.73. The maximum absolute atomic E-state index is 10.3. The number of esters is 1. The first-order chi connectivity index (χ1) is 4.33. The first kappa shape index (κ1) is 9.46. The van der Waals surface area contributed by atoms with Crippen LogP contribution in [0.5, 0.6) is 0 Å². The molecule has 3 nitrogen and oxygen atoms in total. The summed E-state index contributed by atoms with van der Waals surface area (Å²) in [6.07, 6.45) is 1.29. The summed E-state index contributed by atoms with van der Waals surface area (Å²) < 4.78 is 9.42. The molecule has 0 aliphatic carbocycles. The molecule has 0 N–H and O–H groups in total. The summed E-state index contributed by atoms with van der Waals surface area (Å²) >= 11 is 0. The molecule has 1 atom stereocenters. The molecule has 0 aromatic rings. The van der Waals surface area contributed by atoms with E-state index in [4.69, 9.17) is 4.74 Å². The third-order valence-electron chi connectivity index (χ3n) is 0.981. The molecule has 0 bridgehead atoms. The Morgan fingerprint density at radius 3 is 2.90 bits per heavy atom. The number of epoxide rings is 1. The zero-order valence-electron chi connectivity index (χ0n) is 5.41. The molecule has 1 heterocycles. The molecule has 0 aromatic heterocycles. The summed E-state index contributed by atoms with van der Waals surface area (Å²) in [5.74, 6) is -0.384. The number of ether oxygens (including phenoxy) is 2. The van der Waals surface area contributed by atoms with Crippen LogP contribution in [0.1, 0.15) is 0 Å². The van der Waals surface area contributed by atoms with E-state index in [-0.39, 0.29) is 24.5 Å². The number of hydrogen-bond donors (Lipinski definition) is 0. The standard InChI is InChI=1S/C6H8O3.ClH/c1-2-6(7)9-4-5-3-8-5;/h2,5H,1,3-4H2;1H. The highest BCUT2D eigenvalue weighted by Gasteiger charge is 2.23. The van der Waals surface area contributed by atoms with Gasteiger partial charge in [0, 0.05) is 6.08 Å². The lowest BCUT2D eigenvalue weighted by Gasteiger charge is -1.94. The summed E-state index contributed by atoms with van der Waals surface area (Å²) in [5.41, 5.74) is 0. The van der Waals surface area contributed by atoms with E-state index in [0.29, 0.717) is 13.2 Å². The minimum atomic E-state index is -0.384. The van der Waals surface area contributed by atoms with Crippen molar-refractivity contribution in [2.75, 3.05) is 13.2 Å². The van der Waals surface area contributed by atoms with Crippen LogP contribution in [0.2, 0.25) is 0 Å². The predicted molar refractivity (Wildman–Crippen MR) is 38.1 cm³/mol. The third kappa shape index (κ3) is 3.48. The zero-order valence-corrected chi connectivity index (χ0v) is 6.23. The quantitative estimate of drug-likeness (QED) is 0.347. The van der Waals surface area contributed by atoms with E-state index in [2.05, 4.69) is 11.3 Å². The molecule has 1 unspecified atom stereocenters. The minimum Gasteiger partial charge on any atom is -0.460 e. The SMILES string of the molecule is C=CC(=O)OCC1CO1.Cl. The highest BCUT2D eigenvalue weighted by Crippen LogP contribution is 2.08. The van der Waals surface area contributed by atoms with Crippen molar-refractivity contribution >= 4 is 18.4 Å². The minimum absolute atomic E-state index is 0. The highest BCUT2D eigenvalue weighted by molar-refractivity contribution is 5.85. The predicted octanol–water partition coefficient (Wildman–Crippen LogP) is 0.536. The first-order valence-corrected chi connectivity index (χ1v) is 2.73. The van der Waals surface area contributed by atoms with Gasteiger partial charge < -0.3 is 9.47 Å². The lowest BCUT2D eigenvalue weighted by atomic mass is 10.5. The number of carbonyl (C=O) groups is 1. The van der Waals surface area contributed by atoms with Gasteiger partial charge in [0.15, 0.2) is 0 Å². The van der Waals surface area contributed by atoms with Crippen molar-refractivity contribution in [2.24, 2.45) is 0 Å². The molecule has 0 spiro atoms. The Hall–Kier alpha value is -0.540. The Bertz CT molecular complexity index is 131. The summed E-state index contributed by atoms with van der Waals surface area (Å²) in [7, 11) is 0. The van der Waals surface area contributed by atoms with Gasteiger partial charge in [0.1, 0.15) is 12.7 Å². The number of carbonyl (C=O) groups excluding carboxylic acids is 1. The molecule has 1 aliphatic heterocycles. The van der Waals surface area contributed by atoms with E-state index in [0.717, 1.165) is 6.08 Å². The van der Waals surface area contributed by atoms with Crippen molar-refractivity contribution in [3.63, 3.8) is 0 Å².